The van der Waals surface area contributed by atoms with Gasteiger partial charge in [0.2, 0.25) is 0 Å². The standard InChI is InChI=1S/C12H16O5/c1-3-5-9(6-4-2)8-15-12-16-10(13)7-11(14)17-12/h3-4,9,12H,1-2,5-8H2. The number of rotatable bonds is 7. The van der Waals surface area contributed by atoms with E-state index in [1.807, 2.05) is 0 Å². The van der Waals surface area contributed by atoms with Crippen molar-refractivity contribution in [1.82, 2.24) is 0 Å². The van der Waals surface area contributed by atoms with Gasteiger partial charge in [-0.05, 0) is 18.8 Å². The van der Waals surface area contributed by atoms with Gasteiger partial charge in [0.1, 0.15) is 6.42 Å². The molecule has 0 spiro atoms. The predicted octanol–water partition coefficient (Wildman–Crippen LogP) is 1.55. The van der Waals surface area contributed by atoms with Crippen molar-refractivity contribution in [3.8, 4) is 0 Å². The van der Waals surface area contributed by atoms with Crippen LogP contribution in [0.25, 0.3) is 0 Å². The van der Waals surface area contributed by atoms with E-state index in [9.17, 15) is 9.59 Å². The van der Waals surface area contributed by atoms with Crippen LogP contribution in [0, 0.1) is 5.92 Å². The Balaban J connectivity index is 2.36. The molecule has 0 bridgehead atoms. The molecule has 1 aliphatic rings. The zero-order chi connectivity index (χ0) is 12.7. The Labute approximate surface area is 100 Å². The minimum absolute atomic E-state index is 0.185. The third-order valence-corrected chi connectivity index (χ3v) is 2.21. The van der Waals surface area contributed by atoms with Crippen molar-refractivity contribution in [2.45, 2.75) is 25.7 Å². The monoisotopic (exact) mass is 240 g/mol. The fraction of sp³-hybridized carbons (Fsp3) is 0.500. The number of carbonyl (C=O) groups is 2. The van der Waals surface area contributed by atoms with Crippen LogP contribution < -0.4 is 0 Å². The van der Waals surface area contributed by atoms with Gasteiger partial charge in [-0.2, -0.15) is 0 Å². The highest BCUT2D eigenvalue weighted by Crippen LogP contribution is 2.15. The summed E-state index contributed by atoms with van der Waals surface area (Å²) in [6.07, 6.45) is 4.69. The molecule has 0 radical (unpaired) electrons. The quantitative estimate of drug-likeness (QED) is 0.384. The maximum Gasteiger partial charge on any atom is 0.365 e. The van der Waals surface area contributed by atoms with Gasteiger partial charge in [-0.15, -0.1) is 13.2 Å². The molecule has 17 heavy (non-hydrogen) atoms. The largest absolute Gasteiger partial charge is 0.400 e. The molecule has 1 heterocycles. The van der Waals surface area contributed by atoms with Gasteiger partial charge in [0.25, 0.3) is 0 Å². The van der Waals surface area contributed by atoms with E-state index in [0.29, 0.717) is 6.61 Å². The summed E-state index contributed by atoms with van der Waals surface area (Å²) < 4.78 is 14.6. The fourth-order valence-electron chi connectivity index (χ4n) is 1.43. The molecule has 0 atom stereocenters. The molecular weight excluding hydrogens is 224 g/mol. The normalized spacial score (nSPS) is 16.5. The smallest absolute Gasteiger partial charge is 0.365 e. The minimum Gasteiger partial charge on any atom is -0.400 e. The number of allylic oxidation sites excluding steroid dienone is 2. The Hall–Kier alpha value is -1.62. The molecule has 1 fully saturated rings. The van der Waals surface area contributed by atoms with Crippen molar-refractivity contribution in [3.05, 3.63) is 25.3 Å². The van der Waals surface area contributed by atoms with Gasteiger partial charge < -0.3 is 14.2 Å². The van der Waals surface area contributed by atoms with Crippen LogP contribution in [0.3, 0.4) is 0 Å². The molecule has 5 heteroatoms. The summed E-state index contributed by atoms with van der Waals surface area (Å²) in [4.78, 5) is 21.9. The second-order valence-electron chi connectivity index (χ2n) is 3.69. The lowest BCUT2D eigenvalue weighted by atomic mass is 10.0. The maximum atomic E-state index is 10.9. The van der Waals surface area contributed by atoms with Crippen LogP contribution >= 0.6 is 0 Å². The molecule has 0 aromatic rings. The lowest BCUT2D eigenvalue weighted by molar-refractivity contribution is -0.280. The number of carbonyl (C=O) groups excluding carboxylic acids is 2. The molecule has 0 unspecified atom stereocenters. The van der Waals surface area contributed by atoms with Crippen molar-refractivity contribution >= 4 is 11.9 Å². The fourth-order valence-corrected chi connectivity index (χ4v) is 1.43. The molecule has 1 aliphatic heterocycles. The van der Waals surface area contributed by atoms with E-state index in [2.05, 4.69) is 13.2 Å². The second-order valence-corrected chi connectivity index (χ2v) is 3.69. The van der Waals surface area contributed by atoms with Crippen LogP contribution in [0.2, 0.25) is 0 Å². The molecule has 0 N–H and O–H groups in total. The van der Waals surface area contributed by atoms with Crippen LogP contribution in [0.4, 0.5) is 0 Å². The first kappa shape index (κ1) is 13.4. The molecule has 0 aromatic carbocycles. The molecule has 94 valence electrons. The van der Waals surface area contributed by atoms with Crippen molar-refractivity contribution in [2.75, 3.05) is 6.61 Å². The van der Waals surface area contributed by atoms with Crippen LogP contribution in [0.15, 0.2) is 25.3 Å². The number of esters is 2. The summed E-state index contributed by atoms with van der Waals surface area (Å²) in [5.41, 5.74) is 0. The molecule has 1 saturated heterocycles. The van der Waals surface area contributed by atoms with Crippen LogP contribution in [-0.2, 0) is 23.8 Å². The Kier molecular flexibility index (Phi) is 5.42. The highest BCUT2D eigenvalue weighted by Gasteiger charge is 2.28. The summed E-state index contributed by atoms with van der Waals surface area (Å²) in [6, 6.07) is 0. The Morgan fingerprint density at radius 3 is 2.24 bits per heavy atom. The molecule has 0 saturated carbocycles. The van der Waals surface area contributed by atoms with E-state index in [0.717, 1.165) is 12.8 Å². The lowest BCUT2D eigenvalue weighted by Gasteiger charge is -2.23. The van der Waals surface area contributed by atoms with Gasteiger partial charge >= 0.3 is 18.4 Å². The molecular formula is C12H16O5. The van der Waals surface area contributed by atoms with Gasteiger partial charge in [-0.3, -0.25) is 9.59 Å². The molecule has 1 rings (SSSR count). The molecule has 0 amide bonds. The highest BCUT2D eigenvalue weighted by atomic mass is 16.9. The molecule has 0 aromatic heterocycles. The SMILES string of the molecule is C=CCC(CC=C)COC1OC(=O)CC(=O)O1. The van der Waals surface area contributed by atoms with E-state index in [1.54, 1.807) is 12.2 Å². The third-order valence-electron chi connectivity index (χ3n) is 2.21. The molecule has 5 nitrogen and oxygen atoms in total. The zero-order valence-corrected chi connectivity index (χ0v) is 9.59. The van der Waals surface area contributed by atoms with Crippen molar-refractivity contribution in [1.29, 1.82) is 0 Å². The van der Waals surface area contributed by atoms with Crippen molar-refractivity contribution in [2.24, 2.45) is 5.92 Å². The second kappa shape index (κ2) is 6.85. The summed E-state index contributed by atoms with van der Waals surface area (Å²) in [6.45, 7) is 6.37. The number of cyclic esters (lactones) is 2. The average molecular weight is 240 g/mol. The van der Waals surface area contributed by atoms with Gasteiger partial charge in [-0.1, -0.05) is 12.2 Å². The first-order valence-corrected chi connectivity index (χ1v) is 5.38. The van der Waals surface area contributed by atoms with Crippen LogP contribution in [0.5, 0.6) is 0 Å². The summed E-state index contributed by atoms with van der Waals surface area (Å²) in [7, 11) is 0. The highest BCUT2D eigenvalue weighted by molar-refractivity contribution is 5.92. The third kappa shape index (κ3) is 4.82. The van der Waals surface area contributed by atoms with Crippen LogP contribution in [-0.4, -0.2) is 25.0 Å². The minimum atomic E-state index is -1.22. The van der Waals surface area contributed by atoms with Crippen LogP contribution in [0.1, 0.15) is 19.3 Å². The van der Waals surface area contributed by atoms with Gasteiger partial charge in [0, 0.05) is 0 Å². The number of hydrogen-bond acceptors (Lipinski definition) is 5. The predicted molar refractivity (Wildman–Crippen MR) is 59.7 cm³/mol. The number of hydrogen-bond donors (Lipinski definition) is 0. The van der Waals surface area contributed by atoms with Crippen molar-refractivity contribution in [3.63, 3.8) is 0 Å². The Morgan fingerprint density at radius 1 is 1.24 bits per heavy atom. The Morgan fingerprint density at radius 2 is 1.76 bits per heavy atom. The lowest BCUT2D eigenvalue weighted by Crippen LogP contribution is -2.35. The summed E-state index contributed by atoms with van der Waals surface area (Å²) in [5.74, 6) is -1.07. The van der Waals surface area contributed by atoms with E-state index in [4.69, 9.17) is 14.2 Å². The first-order valence-electron chi connectivity index (χ1n) is 5.38. The van der Waals surface area contributed by atoms with Gasteiger partial charge in [0.05, 0.1) is 6.61 Å². The Bertz CT molecular complexity index is 284. The first-order chi connectivity index (χ1) is 8.15. The van der Waals surface area contributed by atoms with Gasteiger partial charge in [0.15, 0.2) is 0 Å². The van der Waals surface area contributed by atoms with Crippen molar-refractivity contribution < 1.29 is 23.8 Å². The van der Waals surface area contributed by atoms with E-state index < -0.39 is 18.4 Å². The topological polar surface area (TPSA) is 61.8 Å². The van der Waals surface area contributed by atoms with E-state index >= 15 is 0 Å². The summed E-state index contributed by atoms with van der Waals surface area (Å²) in [5, 5.41) is 0. The molecule has 0 aliphatic carbocycles. The number of ether oxygens (including phenoxy) is 3. The maximum absolute atomic E-state index is 10.9. The summed E-state index contributed by atoms with van der Waals surface area (Å²) >= 11 is 0. The zero-order valence-electron chi connectivity index (χ0n) is 9.59. The van der Waals surface area contributed by atoms with Gasteiger partial charge in [-0.25, -0.2) is 0 Å². The van der Waals surface area contributed by atoms with E-state index in [1.165, 1.54) is 0 Å². The van der Waals surface area contributed by atoms with E-state index in [-0.39, 0.29) is 12.3 Å². The average Bonchev–Trinajstić information content (AvgIpc) is 2.25.